The zero-order valence-electron chi connectivity index (χ0n) is 9.41. The fourth-order valence-corrected chi connectivity index (χ4v) is 1.87. The van der Waals surface area contributed by atoms with Crippen molar-refractivity contribution in [2.24, 2.45) is 0 Å². The number of hydrogen-bond acceptors (Lipinski definition) is 3. The van der Waals surface area contributed by atoms with E-state index in [1.807, 2.05) is 6.92 Å². The molecular weight excluding hydrogens is 272 g/mol. The highest BCUT2D eigenvalue weighted by atomic mass is 79.9. The number of hydrogen-bond donors (Lipinski definition) is 0. The van der Waals surface area contributed by atoms with Crippen LogP contribution in [0.2, 0.25) is 0 Å². The van der Waals surface area contributed by atoms with Gasteiger partial charge >= 0.3 is 5.97 Å². The van der Waals surface area contributed by atoms with E-state index in [4.69, 9.17) is 0 Å². The van der Waals surface area contributed by atoms with E-state index in [2.05, 4.69) is 20.7 Å². The van der Waals surface area contributed by atoms with Gasteiger partial charge in [0.15, 0.2) is 0 Å². The summed E-state index contributed by atoms with van der Waals surface area (Å²) in [6, 6.07) is 5.17. The Morgan fingerprint density at radius 3 is 2.50 bits per heavy atom. The second-order valence-electron chi connectivity index (χ2n) is 3.54. The molecule has 0 aliphatic heterocycles. The van der Waals surface area contributed by atoms with Crippen molar-refractivity contribution in [2.75, 3.05) is 7.11 Å². The number of benzene rings is 1. The summed E-state index contributed by atoms with van der Waals surface area (Å²) in [7, 11) is 1.33. The van der Waals surface area contributed by atoms with Gasteiger partial charge in [0.25, 0.3) is 0 Å². The van der Waals surface area contributed by atoms with E-state index in [0.29, 0.717) is 5.56 Å². The van der Waals surface area contributed by atoms with Gasteiger partial charge in [0, 0.05) is 0 Å². The normalized spacial score (nSPS) is 12.0. The average molecular weight is 285 g/mol. The minimum Gasteiger partial charge on any atom is -0.465 e. The second-order valence-corrected chi connectivity index (χ2v) is 4.45. The lowest BCUT2D eigenvalue weighted by molar-refractivity contribution is -0.116. The van der Waals surface area contributed by atoms with Crippen molar-refractivity contribution in [3.05, 3.63) is 34.9 Å². The fourth-order valence-electron chi connectivity index (χ4n) is 1.38. The van der Waals surface area contributed by atoms with Crippen LogP contribution in [-0.4, -0.2) is 18.9 Å². The molecule has 0 N–H and O–H groups in total. The molecule has 0 spiro atoms. The van der Waals surface area contributed by atoms with Gasteiger partial charge in [-0.2, -0.15) is 0 Å². The fraction of sp³-hybridized carbons (Fsp3) is 0.333. The number of alkyl halides is 1. The summed E-state index contributed by atoms with van der Waals surface area (Å²) in [5.74, 6) is -0.394. The number of rotatable bonds is 3. The minimum atomic E-state index is -0.399. The third-order valence-electron chi connectivity index (χ3n) is 2.33. The summed E-state index contributed by atoms with van der Waals surface area (Å²) in [5, 5.41) is 0. The highest BCUT2D eigenvalue weighted by Gasteiger charge is 2.17. The zero-order valence-corrected chi connectivity index (χ0v) is 11.0. The van der Waals surface area contributed by atoms with Crippen molar-refractivity contribution < 1.29 is 14.3 Å². The van der Waals surface area contributed by atoms with Gasteiger partial charge in [0.1, 0.15) is 5.78 Å². The summed E-state index contributed by atoms with van der Waals surface area (Å²) in [6.45, 7) is 3.40. The van der Waals surface area contributed by atoms with Gasteiger partial charge in [0.05, 0.1) is 17.5 Å². The van der Waals surface area contributed by atoms with Gasteiger partial charge in [-0.05, 0) is 37.1 Å². The highest BCUT2D eigenvalue weighted by Crippen LogP contribution is 2.27. The van der Waals surface area contributed by atoms with E-state index in [1.54, 1.807) is 18.2 Å². The van der Waals surface area contributed by atoms with Crippen LogP contribution in [0.4, 0.5) is 0 Å². The number of carbonyl (C=O) groups excluding carboxylic acids is 2. The third kappa shape index (κ3) is 2.70. The first kappa shape index (κ1) is 12.9. The molecule has 1 aromatic carbocycles. The number of ether oxygens (including phenoxy) is 1. The summed E-state index contributed by atoms with van der Waals surface area (Å²) < 4.78 is 4.63. The molecule has 0 saturated heterocycles. The lowest BCUT2D eigenvalue weighted by Gasteiger charge is -2.11. The van der Waals surface area contributed by atoms with Crippen LogP contribution in [0.15, 0.2) is 18.2 Å². The molecule has 1 rings (SSSR count). The predicted molar refractivity (Wildman–Crippen MR) is 64.9 cm³/mol. The lowest BCUT2D eigenvalue weighted by Crippen LogP contribution is -2.07. The number of Topliss-reactive ketones (excluding diaryl/α,β-unsaturated/α-hetero) is 1. The molecule has 0 amide bonds. The van der Waals surface area contributed by atoms with Crippen LogP contribution in [0, 0.1) is 6.92 Å². The topological polar surface area (TPSA) is 43.4 Å². The van der Waals surface area contributed by atoms with Gasteiger partial charge in [-0.25, -0.2) is 4.79 Å². The monoisotopic (exact) mass is 284 g/mol. The van der Waals surface area contributed by atoms with Gasteiger partial charge in [-0.1, -0.05) is 22.0 Å². The summed E-state index contributed by atoms with van der Waals surface area (Å²) in [4.78, 5) is 22.3. The molecule has 1 unspecified atom stereocenters. The van der Waals surface area contributed by atoms with E-state index >= 15 is 0 Å². The molecule has 4 heteroatoms. The number of ketones is 1. The van der Waals surface area contributed by atoms with Crippen LogP contribution in [-0.2, 0) is 9.53 Å². The minimum absolute atomic E-state index is 0.00474. The van der Waals surface area contributed by atoms with E-state index in [1.165, 1.54) is 14.0 Å². The Kier molecular flexibility index (Phi) is 4.24. The molecule has 1 atom stereocenters. The first-order valence-corrected chi connectivity index (χ1v) is 5.72. The Balaban J connectivity index is 3.18. The average Bonchev–Trinajstić information content (AvgIpc) is 2.27. The van der Waals surface area contributed by atoms with Crippen LogP contribution < -0.4 is 0 Å². The summed E-state index contributed by atoms with van der Waals surface area (Å²) >= 11 is 3.30. The highest BCUT2D eigenvalue weighted by molar-refractivity contribution is 9.09. The molecule has 16 heavy (non-hydrogen) atoms. The van der Waals surface area contributed by atoms with E-state index in [0.717, 1.165) is 11.1 Å². The number of carbonyl (C=O) groups is 2. The molecule has 0 saturated carbocycles. The molecule has 0 bridgehead atoms. The summed E-state index contributed by atoms with van der Waals surface area (Å²) in [6.07, 6.45) is 0. The van der Waals surface area contributed by atoms with Gasteiger partial charge in [0.2, 0.25) is 0 Å². The molecule has 0 aromatic heterocycles. The molecule has 1 aromatic rings. The van der Waals surface area contributed by atoms with Gasteiger partial charge in [-0.3, -0.25) is 4.79 Å². The lowest BCUT2D eigenvalue weighted by atomic mass is 10.0. The van der Waals surface area contributed by atoms with Gasteiger partial charge < -0.3 is 4.74 Å². The maximum absolute atomic E-state index is 11.3. The number of esters is 1. The Morgan fingerprint density at radius 2 is 2.00 bits per heavy atom. The molecule has 0 aliphatic rings. The van der Waals surface area contributed by atoms with Crippen LogP contribution in [0.25, 0.3) is 0 Å². The van der Waals surface area contributed by atoms with Crippen LogP contribution in [0.5, 0.6) is 0 Å². The Hall–Kier alpha value is -1.16. The van der Waals surface area contributed by atoms with Crippen LogP contribution in [0.1, 0.15) is 33.2 Å². The molecule has 0 aliphatic carbocycles. The molecule has 3 nitrogen and oxygen atoms in total. The van der Waals surface area contributed by atoms with E-state index in [9.17, 15) is 9.59 Å². The van der Waals surface area contributed by atoms with E-state index in [-0.39, 0.29) is 10.6 Å². The zero-order chi connectivity index (χ0) is 12.3. The quantitative estimate of drug-likeness (QED) is 0.633. The molecule has 0 radical (unpaired) electrons. The van der Waals surface area contributed by atoms with Crippen molar-refractivity contribution in [2.45, 2.75) is 18.7 Å². The Labute approximate surface area is 103 Å². The molecule has 86 valence electrons. The van der Waals surface area contributed by atoms with Crippen LogP contribution >= 0.6 is 15.9 Å². The predicted octanol–water partition coefficient (Wildman–Crippen LogP) is 2.81. The summed E-state index contributed by atoms with van der Waals surface area (Å²) in [5.41, 5.74) is 2.22. The van der Waals surface area contributed by atoms with Crippen molar-refractivity contribution in [1.82, 2.24) is 0 Å². The SMILES string of the molecule is COC(=O)c1ccc(C)c(C(Br)C(C)=O)c1. The Morgan fingerprint density at radius 1 is 1.38 bits per heavy atom. The van der Waals surface area contributed by atoms with Crippen molar-refractivity contribution in [3.8, 4) is 0 Å². The maximum Gasteiger partial charge on any atom is 0.337 e. The standard InChI is InChI=1S/C12H13BrO3/c1-7-4-5-9(12(15)16-3)6-10(7)11(13)8(2)14/h4-6,11H,1-3H3. The molecule has 0 fully saturated rings. The van der Waals surface area contributed by atoms with Crippen molar-refractivity contribution in [1.29, 1.82) is 0 Å². The third-order valence-corrected chi connectivity index (χ3v) is 3.47. The first-order chi connectivity index (χ1) is 7.47. The van der Waals surface area contributed by atoms with Crippen molar-refractivity contribution in [3.63, 3.8) is 0 Å². The molecule has 0 heterocycles. The number of aryl methyl sites for hydroxylation is 1. The molecular formula is C12H13BrO3. The van der Waals surface area contributed by atoms with E-state index < -0.39 is 5.97 Å². The smallest absolute Gasteiger partial charge is 0.337 e. The van der Waals surface area contributed by atoms with Crippen LogP contribution in [0.3, 0.4) is 0 Å². The second kappa shape index (κ2) is 5.25. The number of methoxy groups -OCH3 is 1. The first-order valence-electron chi connectivity index (χ1n) is 4.80. The van der Waals surface area contributed by atoms with Gasteiger partial charge in [-0.15, -0.1) is 0 Å². The maximum atomic E-state index is 11.3. The largest absolute Gasteiger partial charge is 0.465 e. The Bertz CT molecular complexity index is 426. The number of halogens is 1. The van der Waals surface area contributed by atoms with Crippen molar-refractivity contribution >= 4 is 27.7 Å².